The quantitative estimate of drug-likeness (QED) is 0.921. The molecule has 1 aliphatic carbocycles. The fraction of sp³-hybridized carbons (Fsp3) is 0.833. The van der Waals surface area contributed by atoms with Gasteiger partial charge < -0.3 is 10.0 Å². The SMILES string of the molecule is Cc1c(C(=O)N2CC(C)(C)C(O)C2(C)C)nnn1CC1CCCC1. The normalized spacial score (nSPS) is 26.2. The summed E-state index contributed by atoms with van der Waals surface area (Å²) in [6.45, 7) is 11.1. The van der Waals surface area contributed by atoms with Crippen LogP contribution in [0.2, 0.25) is 0 Å². The van der Waals surface area contributed by atoms with Crippen LogP contribution >= 0.6 is 0 Å². The van der Waals surface area contributed by atoms with E-state index in [0.29, 0.717) is 18.2 Å². The van der Waals surface area contributed by atoms with E-state index < -0.39 is 11.6 Å². The van der Waals surface area contributed by atoms with E-state index in [9.17, 15) is 9.90 Å². The Morgan fingerprint density at radius 1 is 1.25 bits per heavy atom. The molecular formula is C18H30N4O2. The monoisotopic (exact) mass is 334 g/mol. The highest BCUT2D eigenvalue weighted by Crippen LogP contribution is 2.41. The van der Waals surface area contributed by atoms with Crippen molar-refractivity contribution < 1.29 is 9.90 Å². The van der Waals surface area contributed by atoms with Crippen molar-refractivity contribution in [3.63, 3.8) is 0 Å². The third-order valence-corrected chi connectivity index (χ3v) is 6.01. The molecule has 24 heavy (non-hydrogen) atoms. The van der Waals surface area contributed by atoms with Crippen LogP contribution in [-0.4, -0.2) is 49.1 Å². The molecule has 1 saturated carbocycles. The minimum absolute atomic E-state index is 0.125. The molecule has 1 aliphatic heterocycles. The van der Waals surface area contributed by atoms with Crippen LogP contribution in [0.15, 0.2) is 0 Å². The molecule has 2 heterocycles. The third kappa shape index (κ3) is 2.75. The second-order valence-corrected chi connectivity index (χ2v) is 8.79. The van der Waals surface area contributed by atoms with Crippen LogP contribution in [0.3, 0.4) is 0 Å². The molecule has 0 bridgehead atoms. The molecule has 2 fully saturated rings. The number of carbonyl (C=O) groups excluding carboxylic acids is 1. The molecule has 1 saturated heterocycles. The lowest BCUT2D eigenvalue weighted by molar-refractivity contribution is 0.0188. The topological polar surface area (TPSA) is 71.2 Å². The average molecular weight is 334 g/mol. The zero-order chi connectivity index (χ0) is 17.7. The van der Waals surface area contributed by atoms with Crippen LogP contribution in [0.4, 0.5) is 0 Å². The third-order valence-electron chi connectivity index (χ3n) is 6.01. The fourth-order valence-corrected chi connectivity index (χ4v) is 4.43. The summed E-state index contributed by atoms with van der Waals surface area (Å²) in [6, 6.07) is 0. The molecule has 1 aromatic rings. The van der Waals surface area contributed by atoms with Crippen LogP contribution in [0, 0.1) is 18.3 Å². The minimum Gasteiger partial charge on any atom is -0.390 e. The predicted octanol–water partition coefficient (Wildman–Crippen LogP) is 2.40. The number of rotatable bonds is 3. The second kappa shape index (κ2) is 5.83. The van der Waals surface area contributed by atoms with E-state index in [1.165, 1.54) is 25.7 Å². The van der Waals surface area contributed by atoms with E-state index in [1.54, 1.807) is 4.90 Å². The summed E-state index contributed by atoms with van der Waals surface area (Å²) in [4.78, 5) is 14.8. The van der Waals surface area contributed by atoms with E-state index in [-0.39, 0.29) is 11.3 Å². The van der Waals surface area contributed by atoms with Gasteiger partial charge in [-0.1, -0.05) is 31.9 Å². The van der Waals surface area contributed by atoms with Crippen molar-refractivity contribution in [1.29, 1.82) is 0 Å². The van der Waals surface area contributed by atoms with Gasteiger partial charge in [0.25, 0.3) is 5.91 Å². The average Bonchev–Trinajstić information content (AvgIpc) is 3.17. The Morgan fingerprint density at radius 3 is 2.42 bits per heavy atom. The van der Waals surface area contributed by atoms with Crippen molar-refractivity contribution in [1.82, 2.24) is 19.9 Å². The van der Waals surface area contributed by atoms with E-state index >= 15 is 0 Å². The maximum absolute atomic E-state index is 13.1. The first kappa shape index (κ1) is 17.4. The van der Waals surface area contributed by atoms with Gasteiger partial charge >= 0.3 is 0 Å². The van der Waals surface area contributed by atoms with E-state index in [1.807, 2.05) is 39.3 Å². The lowest BCUT2D eigenvalue weighted by Crippen LogP contribution is -2.49. The Bertz CT molecular complexity index is 629. The molecule has 134 valence electrons. The Kier molecular flexibility index (Phi) is 4.22. The van der Waals surface area contributed by atoms with Gasteiger partial charge in [-0.15, -0.1) is 5.10 Å². The molecule has 6 nitrogen and oxygen atoms in total. The van der Waals surface area contributed by atoms with Gasteiger partial charge in [0, 0.05) is 18.5 Å². The molecule has 6 heteroatoms. The van der Waals surface area contributed by atoms with Gasteiger partial charge in [0.2, 0.25) is 0 Å². The van der Waals surface area contributed by atoms with E-state index in [0.717, 1.165) is 12.2 Å². The number of likely N-dealkylation sites (tertiary alicyclic amines) is 1. The largest absolute Gasteiger partial charge is 0.390 e. The highest BCUT2D eigenvalue weighted by molar-refractivity contribution is 5.94. The summed E-state index contributed by atoms with van der Waals surface area (Å²) in [5.74, 6) is 0.525. The van der Waals surface area contributed by atoms with Crippen molar-refractivity contribution in [2.45, 2.75) is 78.5 Å². The first-order valence-electron chi connectivity index (χ1n) is 9.04. The number of hydrogen-bond acceptors (Lipinski definition) is 4. The summed E-state index contributed by atoms with van der Waals surface area (Å²) in [5, 5.41) is 19.0. The molecule has 1 unspecified atom stereocenters. The van der Waals surface area contributed by atoms with Crippen molar-refractivity contribution in [3.8, 4) is 0 Å². The number of carbonyl (C=O) groups is 1. The molecule has 1 atom stereocenters. The van der Waals surface area contributed by atoms with Gasteiger partial charge in [0.1, 0.15) is 0 Å². The zero-order valence-corrected chi connectivity index (χ0v) is 15.5. The van der Waals surface area contributed by atoms with E-state index in [4.69, 9.17) is 0 Å². The van der Waals surface area contributed by atoms with Crippen LogP contribution in [0.25, 0.3) is 0 Å². The highest BCUT2D eigenvalue weighted by Gasteiger charge is 2.53. The van der Waals surface area contributed by atoms with Crippen LogP contribution in [-0.2, 0) is 6.54 Å². The standard InChI is InChI=1S/C18H30N4O2/c1-12-14(19-20-22(12)10-13-8-6-7-9-13)15(23)21-11-17(2,3)16(24)18(21,4)5/h13,16,24H,6-11H2,1-5H3. The number of aliphatic hydroxyl groups is 1. The van der Waals surface area contributed by atoms with Crippen LogP contribution in [0.5, 0.6) is 0 Å². The zero-order valence-electron chi connectivity index (χ0n) is 15.5. The molecule has 2 aliphatic rings. The number of aliphatic hydroxyl groups excluding tert-OH is 1. The molecule has 3 rings (SSSR count). The van der Waals surface area contributed by atoms with Crippen LogP contribution in [0.1, 0.15) is 69.6 Å². The lowest BCUT2D eigenvalue weighted by Gasteiger charge is -2.34. The predicted molar refractivity (Wildman–Crippen MR) is 91.6 cm³/mol. The van der Waals surface area contributed by atoms with Gasteiger partial charge in [-0.25, -0.2) is 4.68 Å². The molecule has 1 amide bonds. The Labute approximate surface area is 144 Å². The molecular weight excluding hydrogens is 304 g/mol. The number of hydrogen-bond donors (Lipinski definition) is 1. The maximum Gasteiger partial charge on any atom is 0.276 e. The molecule has 0 aromatic carbocycles. The van der Waals surface area contributed by atoms with Gasteiger partial charge in [0.05, 0.1) is 17.3 Å². The van der Waals surface area contributed by atoms with E-state index in [2.05, 4.69) is 10.3 Å². The van der Waals surface area contributed by atoms with Crippen molar-refractivity contribution in [2.75, 3.05) is 6.54 Å². The summed E-state index contributed by atoms with van der Waals surface area (Å²) in [5.41, 5.74) is 0.322. The first-order valence-corrected chi connectivity index (χ1v) is 9.04. The van der Waals surface area contributed by atoms with Gasteiger partial charge in [-0.2, -0.15) is 0 Å². The van der Waals surface area contributed by atoms with Crippen molar-refractivity contribution in [3.05, 3.63) is 11.4 Å². The Hall–Kier alpha value is -1.43. The molecule has 1 aromatic heterocycles. The summed E-state index contributed by atoms with van der Waals surface area (Å²) < 4.78 is 1.88. The first-order chi connectivity index (χ1) is 11.1. The lowest BCUT2D eigenvalue weighted by atomic mass is 9.82. The highest BCUT2D eigenvalue weighted by atomic mass is 16.3. The number of amides is 1. The molecule has 0 radical (unpaired) electrons. The summed E-state index contributed by atoms with van der Waals surface area (Å²) in [7, 11) is 0. The maximum atomic E-state index is 13.1. The van der Waals surface area contributed by atoms with Crippen molar-refractivity contribution in [2.24, 2.45) is 11.3 Å². The number of nitrogens with zero attached hydrogens (tertiary/aromatic N) is 4. The van der Waals surface area contributed by atoms with Gasteiger partial charge in [-0.3, -0.25) is 4.79 Å². The fourth-order valence-electron chi connectivity index (χ4n) is 4.43. The van der Waals surface area contributed by atoms with Gasteiger partial charge in [-0.05, 0) is 39.5 Å². The van der Waals surface area contributed by atoms with Crippen molar-refractivity contribution >= 4 is 5.91 Å². The van der Waals surface area contributed by atoms with Crippen LogP contribution < -0.4 is 0 Å². The summed E-state index contributed by atoms with van der Waals surface area (Å²) >= 11 is 0. The molecule has 1 N–H and O–H groups in total. The Balaban J connectivity index is 1.82. The molecule has 0 spiro atoms. The minimum atomic E-state index is -0.609. The smallest absolute Gasteiger partial charge is 0.276 e. The van der Waals surface area contributed by atoms with Gasteiger partial charge in [0.15, 0.2) is 5.69 Å². The second-order valence-electron chi connectivity index (χ2n) is 8.79. The Morgan fingerprint density at radius 2 is 1.88 bits per heavy atom. The summed E-state index contributed by atoms with van der Waals surface area (Å²) in [6.07, 6.45) is 4.49. The number of aromatic nitrogens is 3.